The molecule has 0 aliphatic heterocycles. The minimum Gasteiger partial charge on any atom is -0.383 e. The van der Waals surface area contributed by atoms with Crippen molar-refractivity contribution in [2.75, 3.05) is 27.3 Å². The Morgan fingerprint density at radius 3 is 2.75 bits per heavy atom. The van der Waals surface area contributed by atoms with Crippen LogP contribution in [0.25, 0.3) is 0 Å². The van der Waals surface area contributed by atoms with Gasteiger partial charge in [0.2, 0.25) is 10.0 Å². The number of nitrogens with zero attached hydrogens (tertiary/aromatic N) is 1. The van der Waals surface area contributed by atoms with E-state index < -0.39 is 10.0 Å². The second-order valence-electron chi connectivity index (χ2n) is 5.04. The van der Waals surface area contributed by atoms with Crippen LogP contribution in [0.2, 0.25) is 0 Å². The van der Waals surface area contributed by atoms with Crippen molar-refractivity contribution >= 4 is 21.4 Å². The first-order valence-electron chi connectivity index (χ1n) is 6.74. The van der Waals surface area contributed by atoms with Crippen molar-refractivity contribution in [1.82, 2.24) is 9.62 Å². The number of rotatable bonds is 8. The lowest BCUT2D eigenvalue weighted by Crippen LogP contribution is -2.36. The lowest BCUT2D eigenvalue weighted by Gasteiger charge is -2.22. The number of aryl methyl sites for hydroxylation is 1. The summed E-state index contributed by atoms with van der Waals surface area (Å²) in [5.41, 5.74) is 0.836. The third kappa shape index (κ3) is 3.23. The Bertz CT molecular complexity index is 550. The molecular weight excluding hydrogens is 296 g/mol. The summed E-state index contributed by atoms with van der Waals surface area (Å²) < 4.78 is 32.6. The molecule has 0 radical (unpaired) electrons. The van der Waals surface area contributed by atoms with E-state index in [1.165, 1.54) is 11.3 Å². The maximum absolute atomic E-state index is 12.9. The SMILES string of the molecule is CNCc1scc(C)c1S(=O)(=O)N(CCOC)C1CC1. The molecule has 0 unspecified atom stereocenters. The van der Waals surface area contributed by atoms with E-state index in [-0.39, 0.29) is 6.04 Å². The van der Waals surface area contributed by atoms with E-state index in [1.807, 2.05) is 19.4 Å². The quantitative estimate of drug-likeness (QED) is 0.790. The van der Waals surface area contributed by atoms with Crippen molar-refractivity contribution < 1.29 is 13.2 Å². The zero-order valence-electron chi connectivity index (χ0n) is 12.2. The lowest BCUT2D eigenvalue weighted by molar-refractivity contribution is 0.177. The Morgan fingerprint density at radius 1 is 1.50 bits per heavy atom. The van der Waals surface area contributed by atoms with Gasteiger partial charge < -0.3 is 10.1 Å². The molecule has 0 bridgehead atoms. The molecule has 0 amide bonds. The Kier molecular flexibility index (Phi) is 5.19. The predicted octanol–water partition coefficient (Wildman–Crippen LogP) is 1.58. The molecule has 1 aliphatic rings. The molecule has 7 heteroatoms. The molecule has 20 heavy (non-hydrogen) atoms. The van der Waals surface area contributed by atoms with Gasteiger partial charge in [0.25, 0.3) is 0 Å². The van der Waals surface area contributed by atoms with Gasteiger partial charge in [0, 0.05) is 31.1 Å². The molecule has 0 spiro atoms. The van der Waals surface area contributed by atoms with Gasteiger partial charge in [-0.1, -0.05) is 0 Å². The first kappa shape index (κ1) is 15.9. The van der Waals surface area contributed by atoms with Gasteiger partial charge in [-0.05, 0) is 37.8 Å². The molecule has 0 saturated heterocycles. The summed E-state index contributed by atoms with van der Waals surface area (Å²) in [6, 6.07) is 0.150. The van der Waals surface area contributed by atoms with E-state index in [1.54, 1.807) is 11.4 Å². The first-order chi connectivity index (χ1) is 9.52. The fourth-order valence-electron chi connectivity index (χ4n) is 2.28. The number of ether oxygens (including phenoxy) is 1. The number of thiophene rings is 1. The van der Waals surface area contributed by atoms with Gasteiger partial charge in [0.15, 0.2) is 0 Å². The highest BCUT2D eigenvalue weighted by Gasteiger charge is 2.39. The fraction of sp³-hybridized carbons (Fsp3) is 0.692. The van der Waals surface area contributed by atoms with Crippen LogP contribution in [0.15, 0.2) is 10.3 Å². The summed E-state index contributed by atoms with van der Waals surface area (Å²) in [4.78, 5) is 1.37. The van der Waals surface area contributed by atoms with E-state index in [0.717, 1.165) is 23.3 Å². The Labute approximate surface area is 125 Å². The third-order valence-corrected chi connectivity index (χ3v) is 6.78. The highest BCUT2D eigenvalue weighted by Crippen LogP contribution is 2.35. The normalized spacial score (nSPS) is 16.0. The van der Waals surface area contributed by atoms with Crippen LogP contribution in [0.3, 0.4) is 0 Å². The van der Waals surface area contributed by atoms with E-state index in [2.05, 4.69) is 5.32 Å². The van der Waals surface area contributed by atoms with Crippen LogP contribution in [0, 0.1) is 6.92 Å². The third-order valence-electron chi connectivity index (χ3n) is 3.36. The number of sulfonamides is 1. The topological polar surface area (TPSA) is 58.6 Å². The zero-order valence-corrected chi connectivity index (χ0v) is 13.8. The predicted molar refractivity (Wildman–Crippen MR) is 80.6 cm³/mol. The average molecular weight is 318 g/mol. The first-order valence-corrected chi connectivity index (χ1v) is 9.06. The maximum Gasteiger partial charge on any atom is 0.244 e. The molecule has 5 nitrogen and oxygen atoms in total. The smallest absolute Gasteiger partial charge is 0.244 e. The molecule has 1 aliphatic carbocycles. The summed E-state index contributed by atoms with van der Waals surface area (Å²) in [5.74, 6) is 0. The van der Waals surface area contributed by atoms with Gasteiger partial charge in [-0.3, -0.25) is 0 Å². The molecule has 2 rings (SSSR count). The Hall–Kier alpha value is -0.470. The summed E-state index contributed by atoms with van der Waals surface area (Å²) in [6.45, 7) is 3.30. The minimum atomic E-state index is -3.43. The molecule has 1 aromatic rings. The highest BCUT2D eigenvalue weighted by molar-refractivity contribution is 7.89. The van der Waals surface area contributed by atoms with Crippen LogP contribution in [-0.2, 0) is 21.3 Å². The second-order valence-corrected chi connectivity index (χ2v) is 7.83. The molecule has 0 atom stereocenters. The van der Waals surface area contributed by atoms with E-state index >= 15 is 0 Å². The van der Waals surface area contributed by atoms with E-state index in [0.29, 0.717) is 24.6 Å². The van der Waals surface area contributed by atoms with Gasteiger partial charge in [0.05, 0.1) is 6.61 Å². The molecule has 1 aromatic heterocycles. The van der Waals surface area contributed by atoms with Crippen molar-refractivity contribution in [3.8, 4) is 0 Å². The average Bonchev–Trinajstić information content (AvgIpc) is 3.14. The van der Waals surface area contributed by atoms with Gasteiger partial charge in [-0.2, -0.15) is 4.31 Å². The second kappa shape index (κ2) is 6.53. The van der Waals surface area contributed by atoms with Gasteiger partial charge in [-0.15, -0.1) is 11.3 Å². The van der Waals surface area contributed by atoms with Crippen molar-refractivity contribution in [3.63, 3.8) is 0 Å². The summed E-state index contributed by atoms with van der Waals surface area (Å²) in [6.07, 6.45) is 1.90. The Morgan fingerprint density at radius 2 is 2.20 bits per heavy atom. The molecule has 1 saturated carbocycles. The maximum atomic E-state index is 12.9. The number of hydrogen-bond acceptors (Lipinski definition) is 5. The standard InChI is InChI=1S/C13H22N2O3S2/c1-10-9-19-12(8-14-2)13(10)20(16,17)15(6-7-18-3)11-4-5-11/h9,11,14H,4-8H2,1-3H3. The largest absolute Gasteiger partial charge is 0.383 e. The molecule has 1 fully saturated rings. The van der Waals surface area contributed by atoms with E-state index in [9.17, 15) is 8.42 Å². The molecule has 114 valence electrons. The minimum absolute atomic E-state index is 0.150. The number of hydrogen-bond donors (Lipinski definition) is 1. The summed E-state index contributed by atoms with van der Waals surface area (Å²) in [7, 11) is -0.000905. The van der Waals surface area contributed by atoms with Crippen molar-refractivity contribution in [1.29, 1.82) is 0 Å². The van der Waals surface area contributed by atoms with Crippen LogP contribution in [0.1, 0.15) is 23.3 Å². The molecule has 0 aromatic carbocycles. The van der Waals surface area contributed by atoms with Crippen LogP contribution in [-0.4, -0.2) is 46.1 Å². The summed E-state index contributed by atoms with van der Waals surface area (Å²) >= 11 is 1.50. The van der Waals surface area contributed by atoms with Gasteiger partial charge >= 0.3 is 0 Å². The molecular formula is C13H22N2O3S2. The fourth-order valence-corrected chi connectivity index (χ4v) is 5.72. The summed E-state index contributed by atoms with van der Waals surface area (Å²) in [5, 5.41) is 4.96. The van der Waals surface area contributed by atoms with Gasteiger partial charge in [-0.25, -0.2) is 8.42 Å². The van der Waals surface area contributed by atoms with Crippen LogP contribution in [0.4, 0.5) is 0 Å². The highest BCUT2D eigenvalue weighted by atomic mass is 32.2. The number of methoxy groups -OCH3 is 1. The zero-order chi connectivity index (χ0) is 14.8. The van der Waals surface area contributed by atoms with E-state index in [4.69, 9.17) is 4.74 Å². The molecule has 1 heterocycles. The van der Waals surface area contributed by atoms with Crippen LogP contribution in [0.5, 0.6) is 0 Å². The van der Waals surface area contributed by atoms with Crippen molar-refractivity contribution in [2.24, 2.45) is 0 Å². The molecule has 1 N–H and O–H groups in total. The Balaban J connectivity index is 2.34. The van der Waals surface area contributed by atoms with Crippen LogP contribution >= 0.6 is 11.3 Å². The van der Waals surface area contributed by atoms with Gasteiger partial charge in [0.1, 0.15) is 4.90 Å². The van der Waals surface area contributed by atoms with Crippen LogP contribution < -0.4 is 5.32 Å². The van der Waals surface area contributed by atoms with Crippen molar-refractivity contribution in [3.05, 3.63) is 15.8 Å². The number of nitrogens with one attached hydrogen (secondary N) is 1. The lowest BCUT2D eigenvalue weighted by atomic mass is 10.3. The monoisotopic (exact) mass is 318 g/mol. The van der Waals surface area contributed by atoms with Crippen molar-refractivity contribution in [2.45, 2.75) is 37.2 Å².